The van der Waals surface area contributed by atoms with E-state index in [1.807, 2.05) is 0 Å². The fraction of sp³-hybridized carbons (Fsp3) is 0.385. The van der Waals surface area contributed by atoms with Gasteiger partial charge in [-0.1, -0.05) is 12.2 Å². The average Bonchev–Trinajstić information content (AvgIpc) is 2.43. The largest absolute Gasteiger partial charge is 0.496 e. The van der Waals surface area contributed by atoms with E-state index in [0.29, 0.717) is 17.2 Å². The third kappa shape index (κ3) is 3.38. The Kier molecular flexibility index (Phi) is 5.48. The molecule has 2 N–H and O–H groups in total. The molecule has 0 bridgehead atoms. The molecule has 1 aromatic rings. The standard InChI is InChI=1S/C13H18O5/c1-16-11-7-13(18-3)12(17-2)6-9(11)4-5-10(15)8-14/h4-7,10,14-15H,8H2,1-3H3/b5-4+. The second kappa shape index (κ2) is 6.88. The molecule has 1 rings (SSSR count). The number of aliphatic hydroxyl groups is 2. The van der Waals surface area contributed by atoms with E-state index in [1.165, 1.54) is 6.08 Å². The number of rotatable bonds is 6. The Hall–Kier alpha value is -1.72. The van der Waals surface area contributed by atoms with Crippen LogP contribution in [0.5, 0.6) is 17.2 Å². The summed E-state index contributed by atoms with van der Waals surface area (Å²) in [5.74, 6) is 1.72. The van der Waals surface area contributed by atoms with Crippen molar-refractivity contribution in [3.05, 3.63) is 23.8 Å². The monoisotopic (exact) mass is 254 g/mol. The molecule has 0 spiro atoms. The van der Waals surface area contributed by atoms with E-state index in [9.17, 15) is 5.11 Å². The van der Waals surface area contributed by atoms with Crippen LogP contribution in [0.25, 0.3) is 6.08 Å². The van der Waals surface area contributed by atoms with Crippen LogP contribution in [-0.4, -0.2) is 44.3 Å². The Morgan fingerprint density at radius 2 is 1.61 bits per heavy atom. The van der Waals surface area contributed by atoms with E-state index in [2.05, 4.69) is 0 Å². The maximum Gasteiger partial charge on any atom is 0.164 e. The minimum atomic E-state index is -0.900. The van der Waals surface area contributed by atoms with E-state index >= 15 is 0 Å². The summed E-state index contributed by atoms with van der Waals surface area (Å²) in [6.07, 6.45) is 2.23. The maximum absolute atomic E-state index is 9.28. The van der Waals surface area contributed by atoms with Crippen molar-refractivity contribution < 1.29 is 24.4 Å². The zero-order valence-corrected chi connectivity index (χ0v) is 10.7. The summed E-state index contributed by atoms with van der Waals surface area (Å²) in [6.45, 7) is -0.327. The number of hydrogen-bond donors (Lipinski definition) is 2. The van der Waals surface area contributed by atoms with Crippen LogP contribution in [0.4, 0.5) is 0 Å². The highest BCUT2D eigenvalue weighted by Crippen LogP contribution is 2.35. The Bertz CT molecular complexity index is 414. The molecule has 1 atom stereocenters. The van der Waals surface area contributed by atoms with Gasteiger partial charge in [0.15, 0.2) is 11.5 Å². The molecule has 0 heterocycles. The van der Waals surface area contributed by atoms with Crippen molar-refractivity contribution >= 4 is 6.08 Å². The van der Waals surface area contributed by atoms with Crippen molar-refractivity contribution in [2.45, 2.75) is 6.10 Å². The van der Waals surface area contributed by atoms with Gasteiger partial charge in [0.25, 0.3) is 0 Å². The van der Waals surface area contributed by atoms with Crippen LogP contribution in [0.2, 0.25) is 0 Å². The van der Waals surface area contributed by atoms with Gasteiger partial charge in [0.2, 0.25) is 0 Å². The highest BCUT2D eigenvalue weighted by Gasteiger charge is 2.10. The van der Waals surface area contributed by atoms with Crippen LogP contribution >= 0.6 is 0 Å². The number of benzene rings is 1. The quantitative estimate of drug-likeness (QED) is 0.795. The van der Waals surface area contributed by atoms with Crippen molar-refractivity contribution in [3.63, 3.8) is 0 Å². The first-order valence-corrected chi connectivity index (χ1v) is 5.43. The van der Waals surface area contributed by atoms with Crippen LogP contribution in [-0.2, 0) is 0 Å². The summed E-state index contributed by atoms with van der Waals surface area (Å²) in [7, 11) is 4.63. The summed E-state index contributed by atoms with van der Waals surface area (Å²) < 4.78 is 15.6. The fourth-order valence-electron chi connectivity index (χ4n) is 1.46. The number of ether oxygens (including phenoxy) is 3. The van der Waals surface area contributed by atoms with Gasteiger partial charge < -0.3 is 24.4 Å². The molecule has 0 saturated heterocycles. The molecule has 0 aliphatic rings. The molecule has 0 aromatic heterocycles. The second-order valence-electron chi connectivity index (χ2n) is 3.56. The molecular formula is C13H18O5. The SMILES string of the molecule is COc1cc(OC)c(OC)cc1/C=C/C(O)CO. The van der Waals surface area contributed by atoms with Gasteiger partial charge in [-0.05, 0) is 6.07 Å². The first kappa shape index (κ1) is 14.3. The Morgan fingerprint density at radius 3 is 2.11 bits per heavy atom. The maximum atomic E-state index is 9.28. The fourth-order valence-corrected chi connectivity index (χ4v) is 1.46. The zero-order valence-electron chi connectivity index (χ0n) is 10.7. The molecule has 5 heteroatoms. The first-order chi connectivity index (χ1) is 8.65. The topological polar surface area (TPSA) is 68.2 Å². The van der Waals surface area contributed by atoms with E-state index in [0.717, 1.165) is 5.56 Å². The van der Waals surface area contributed by atoms with Crippen molar-refractivity contribution in [2.24, 2.45) is 0 Å². The smallest absolute Gasteiger partial charge is 0.164 e. The zero-order chi connectivity index (χ0) is 13.5. The summed E-state index contributed by atoms with van der Waals surface area (Å²) in [5.41, 5.74) is 0.725. The second-order valence-corrected chi connectivity index (χ2v) is 3.56. The van der Waals surface area contributed by atoms with Crippen LogP contribution in [0.15, 0.2) is 18.2 Å². The predicted octanol–water partition coefficient (Wildman–Crippen LogP) is 1.08. The van der Waals surface area contributed by atoms with Gasteiger partial charge in [-0.25, -0.2) is 0 Å². The predicted molar refractivity (Wildman–Crippen MR) is 68.2 cm³/mol. The molecular weight excluding hydrogens is 236 g/mol. The van der Waals surface area contributed by atoms with Crippen molar-refractivity contribution in [1.29, 1.82) is 0 Å². The molecule has 0 fully saturated rings. The third-order valence-corrected chi connectivity index (χ3v) is 2.42. The molecule has 0 aliphatic heterocycles. The molecule has 1 aromatic carbocycles. The lowest BCUT2D eigenvalue weighted by atomic mass is 10.1. The van der Waals surface area contributed by atoms with Crippen LogP contribution in [0.3, 0.4) is 0 Å². The molecule has 5 nitrogen and oxygen atoms in total. The Morgan fingerprint density at radius 1 is 1.06 bits per heavy atom. The minimum Gasteiger partial charge on any atom is -0.496 e. The van der Waals surface area contributed by atoms with E-state index in [4.69, 9.17) is 19.3 Å². The Labute approximate surface area is 106 Å². The number of methoxy groups -OCH3 is 3. The van der Waals surface area contributed by atoms with Gasteiger partial charge in [-0.2, -0.15) is 0 Å². The number of aliphatic hydroxyl groups excluding tert-OH is 2. The molecule has 1 unspecified atom stereocenters. The average molecular weight is 254 g/mol. The first-order valence-electron chi connectivity index (χ1n) is 5.43. The molecule has 100 valence electrons. The van der Waals surface area contributed by atoms with Gasteiger partial charge in [0.1, 0.15) is 5.75 Å². The molecule has 0 radical (unpaired) electrons. The molecule has 18 heavy (non-hydrogen) atoms. The summed E-state index contributed by atoms with van der Waals surface area (Å²) in [4.78, 5) is 0. The van der Waals surface area contributed by atoms with Crippen LogP contribution in [0.1, 0.15) is 5.56 Å². The van der Waals surface area contributed by atoms with Crippen LogP contribution in [0, 0.1) is 0 Å². The molecule has 0 amide bonds. The van der Waals surface area contributed by atoms with Gasteiger partial charge in [0.05, 0.1) is 34.0 Å². The highest BCUT2D eigenvalue weighted by molar-refractivity contribution is 5.63. The molecule has 0 saturated carbocycles. The lowest BCUT2D eigenvalue weighted by Crippen LogP contribution is -2.07. The van der Waals surface area contributed by atoms with Gasteiger partial charge >= 0.3 is 0 Å². The van der Waals surface area contributed by atoms with Gasteiger partial charge in [-0.15, -0.1) is 0 Å². The minimum absolute atomic E-state index is 0.327. The summed E-state index contributed by atoms with van der Waals surface area (Å²) >= 11 is 0. The summed E-state index contributed by atoms with van der Waals surface area (Å²) in [5, 5.41) is 18.0. The van der Waals surface area contributed by atoms with E-state index in [-0.39, 0.29) is 6.61 Å². The van der Waals surface area contributed by atoms with Crippen molar-refractivity contribution in [2.75, 3.05) is 27.9 Å². The summed E-state index contributed by atoms with van der Waals surface area (Å²) in [6, 6.07) is 3.43. The van der Waals surface area contributed by atoms with E-state index in [1.54, 1.807) is 39.5 Å². The third-order valence-electron chi connectivity index (χ3n) is 2.42. The van der Waals surface area contributed by atoms with Crippen molar-refractivity contribution in [1.82, 2.24) is 0 Å². The normalized spacial score (nSPS) is 12.5. The van der Waals surface area contributed by atoms with Crippen LogP contribution < -0.4 is 14.2 Å². The molecule has 0 aliphatic carbocycles. The highest BCUT2D eigenvalue weighted by atomic mass is 16.5. The van der Waals surface area contributed by atoms with E-state index < -0.39 is 6.10 Å². The Balaban J connectivity index is 3.13. The van der Waals surface area contributed by atoms with Crippen molar-refractivity contribution in [3.8, 4) is 17.2 Å². The van der Waals surface area contributed by atoms with Gasteiger partial charge in [-0.3, -0.25) is 0 Å². The lowest BCUT2D eigenvalue weighted by Gasteiger charge is -2.12. The van der Waals surface area contributed by atoms with Gasteiger partial charge in [0, 0.05) is 11.6 Å². The number of hydrogen-bond acceptors (Lipinski definition) is 5. The lowest BCUT2D eigenvalue weighted by molar-refractivity contribution is 0.131.